The molecular weight excluding hydrogens is 921 g/mol. The minimum atomic E-state index is -0.555. The maximum atomic E-state index is 12.7. The van der Waals surface area contributed by atoms with Gasteiger partial charge in [0, 0.05) is 18.3 Å². The van der Waals surface area contributed by atoms with Gasteiger partial charge in [0.1, 0.15) is 16.8 Å². The van der Waals surface area contributed by atoms with Crippen LogP contribution in [0, 0.1) is 87.3 Å². The van der Waals surface area contributed by atoms with E-state index in [2.05, 4.69) is 32.4 Å². The van der Waals surface area contributed by atoms with Crippen LogP contribution in [0.5, 0.6) is 0 Å². The second-order valence-electron chi connectivity index (χ2n) is 26.1. The van der Waals surface area contributed by atoms with Crippen molar-refractivity contribution in [2.75, 3.05) is 13.7 Å². The molecule has 13 atom stereocenters. The molecule has 11 aliphatic rings. The van der Waals surface area contributed by atoms with E-state index in [1.807, 2.05) is 41.5 Å². The number of carbonyl (C=O) groups is 5. The van der Waals surface area contributed by atoms with Crippen molar-refractivity contribution in [1.82, 2.24) is 0 Å². The summed E-state index contributed by atoms with van der Waals surface area (Å²) in [6.07, 6.45) is 19.8. The van der Waals surface area contributed by atoms with Crippen LogP contribution >= 0.6 is 0 Å². The summed E-state index contributed by atoms with van der Waals surface area (Å²) in [4.78, 5) is 58.7. The van der Waals surface area contributed by atoms with Crippen LogP contribution in [0.2, 0.25) is 0 Å². The van der Waals surface area contributed by atoms with E-state index in [1.165, 1.54) is 58.5 Å². The Balaban J connectivity index is 0.000000485. The molecule has 11 nitrogen and oxygen atoms in total. The Morgan fingerprint density at radius 1 is 0.616 bits per heavy atom. The largest absolute Gasteiger partial charge is 0.466 e. The van der Waals surface area contributed by atoms with Crippen molar-refractivity contribution < 1.29 is 52.8 Å². The first-order valence-electron chi connectivity index (χ1n) is 26.9. The van der Waals surface area contributed by atoms with Crippen LogP contribution in [0.4, 0.5) is 0 Å². The summed E-state index contributed by atoms with van der Waals surface area (Å²) in [5.74, 6) is 7.82. The Hall–Kier alpha value is -2.69. The molecule has 11 rings (SSSR count). The van der Waals surface area contributed by atoms with E-state index >= 15 is 0 Å². The van der Waals surface area contributed by atoms with Crippen molar-refractivity contribution >= 4 is 29.8 Å². The second kappa shape index (κ2) is 24.8. The van der Waals surface area contributed by atoms with Gasteiger partial charge in [0.2, 0.25) is 0 Å². The number of hydrogen-bond acceptors (Lipinski definition) is 11. The molecule has 1 aliphatic heterocycles. The van der Waals surface area contributed by atoms with Gasteiger partial charge in [-0.05, 0) is 218 Å². The minimum Gasteiger partial charge on any atom is -0.466 e. The highest BCUT2D eigenvalue weighted by atomic mass is 16.6. The number of hydrogen-bond donors (Lipinski definition) is 1. The summed E-state index contributed by atoms with van der Waals surface area (Å²) >= 11 is 0. The molecule has 10 aliphatic carbocycles. The van der Waals surface area contributed by atoms with E-state index in [9.17, 15) is 29.1 Å². The summed E-state index contributed by atoms with van der Waals surface area (Å²) < 4.78 is 26.8. The number of methoxy groups -OCH3 is 1. The van der Waals surface area contributed by atoms with E-state index in [-0.39, 0.29) is 103 Å². The van der Waals surface area contributed by atoms with Gasteiger partial charge in [-0.15, -0.1) is 0 Å². The smallest absolute Gasteiger partial charge is 0.344 e. The molecule has 11 heteroatoms. The SMILES string of the molecule is C.C.C.C.C.C.CC1(C)OC(=O)C2C3CCC(C3)C21.CCC(C)(C)C(=O)OC1(CC)CC2CC1C1C3CCC(C3)C21.CCC(C)(C)C(=O)OC12CC3CC(CC(O)(C3)C1)C2.CCC(C)(C)C(=O)OCC(=O)OC. The molecule has 428 valence electrons. The number of cyclic esters (lactones) is 1. The van der Waals surface area contributed by atoms with Gasteiger partial charge in [-0.25, -0.2) is 4.79 Å². The molecule has 0 radical (unpaired) electrons. The Morgan fingerprint density at radius 2 is 1.10 bits per heavy atom. The molecule has 11 fully saturated rings. The number of fused-ring (bicyclic) bond motifs is 14. The zero-order chi connectivity index (χ0) is 49.3. The molecule has 1 saturated heterocycles. The van der Waals surface area contributed by atoms with Crippen LogP contribution in [0.15, 0.2) is 0 Å². The molecule has 1 heterocycles. The fourth-order valence-electron chi connectivity index (χ4n) is 16.0. The van der Waals surface area contributed by atoms with Gasteiger partial charge >= 0.3 is 29.8 Å². The number of aliphatic hydroxyl groups is 1. The number of carbonyl (C=O) groups excluding carboxylic acids is 5. The van der Waals surface area contributed by atoms with Crippen LogP contribution in [-0.2, 0) is 47.7 Å². The van der Waals surface area contributed by atoms with Gasteiger partial charge in [-0.3, -0.25) is 19.2 Å². The van der Waals surface area contributed by atoms with Crippen molar-refractivity contribution in [3.05, 3.63) is 0 Å². The van der Waals surface area contributed by atoms with Gasteiger partial charge in [0.05, 0.1) is 34.9 Å². The number of esters is 5. The van der Waals surface area contributed by atoms with Crippen molar-refractivity contribution in [2.45, 2.75) is 266 Å². The lowest BCUT2D eigenvalue weighted by Gasteiger charge is -2.59. The van der Waals surface area contributed by atoms with E-state index in [0.717, 1.165) is 86.9 Å². The molecule has 0 amide bonds. The summed E-state index contributed by atoms with van der Waals surface area (Å²) in [6.45, 7) is 23.6. The summed E-state index contributed by atoms with van der Waals surface area (Å²) in [5.41, 5.74) is -2.50. The summed E-state index contributed by atoms with van der Waals surface area (Å²) in [7, 11) is 1.25. The highest BCUT2D eigenvalue weighted by molar-refractivity contribution is 5.80. The van der Waals surface area contributed by atoms with Gasteiger partial charge in [0.15, 0.2) is 6.61 Å². The molecule has 0 aromatic heterocycles. The van der Waals surface area contributed by atoms with Crippen LogP contribution in [-0.4, -0.2) is 71.1 Å². The minimum absolute atomic E-state index is 0. The zero-order valence-corrected chi connectivity index (χ0v) is 43.9. The topological polar surface area (TPSA) is 152 Å². The van der Waals surface area contributed by atoms with Gasteiger partial charge in [-0.2, -0.15) is 0 Å². The molecule has 10 bridgehead atoms. The molecule has 13 unspecified atom stereocenters. The highest BCUT2D eigenvalue weighted by Gasteiger charge is 2.68. The lowest BCUT2D eigenvalue weighted by molar-refractivity contribution is -0.225. The Bertz CT molecular complexity index is 1850. The van der Waals surface area contributed by atoms with Crippen LogP contribution < -0.4 is 0 Å². The van der Waals surface area contributed by atoms with E-state index < -0.39 is 22.4 Å². The standard InChI is InChI=1S/C20H32O2.C16H26O3.C11H16O2.C9H16O4.6CH4/c1-5-19(3,4)18(21)22-20(6-2)11-14-10-15(20)17-13-8-7-12(9-13)16(14)17;1-4-14(2,3)13(17)19-16-8-11-5-12(9-16)7-15(18,6-11)10-16;1-11(2)9-7-4-3-6(5-7)8(9)10(12)13-11;1-5-9(2,3)8(11)13-6-7(10)12-4;;;;;;/h12-17H,5-11H2,1-4H3;11-12,18H,4-10H2,1-3H3;6-9H,3-5H2,1-2H3;5-6H2,1-4H3;6*1H4. The third kappa shape index (κ3) is 13.2. The quantitative estimate of drug-likeness (QED) is 0.120. The fraction of sp³-hybridized carbons (Fsp3) is 0.919. The predicted molar refractivity (Wildman–Crippen MR) is 295 cm³/mol. The molecule has 0 spiro atoms. The van der Waals surface area contributed by atoms with Crippen LogP contribution in [0.25, 0.3) is 0 Å². The average molecular weight is 1040 g/mol. The molecule has 73 heavy (non-hydrogen) atoms. The normalized spacial score (nSPS) is 37.2. The Kier molecular flexibility index (Phi) is 23.2. The van der Waals surface area contributed by atoms with Crippen LogP contribution in [0.1, 0.15) is 243 Å². The molecule has 1 N–H and O–H groups in total. The van der Waals surface area contributed by atoms with E-state index in [1.54, 1.807) is 13.8 Å². The molecule has 10 saturated carbocycles. The third-order valence-corrected chi connectivity index (χ3v) is 20.3. The first kappa shape index (κ1) is 68.3. The first-order chi connectivity index (χ1) is 31.2. The number of rotatable bonds is 11. The number of ether oxygens (including phenoxy) is 5. The lowest BCUT2D eigenvalue weighted by Crippen LogP contribution is -2.61. The fourth-order valence-corrected chi connectivity index (χ4v) is 16.0. The molecule has 0 aromatic carbocycles. The maximum Gasteiger partial charge on any atom is 0.344 e. The lowest BCUT2D eigenvalue weighted by atomic mass is 9.52. The van der Waals surface area contributed by atoms with E-state index in [4.69, 9.17) is 18.9 Å². The van der Waals surface area contributed by atoms with Crippen molar-refractivity contribution in [1.29, 1.82) is 0 Å². The van der Waals surface area contributed by atoms with Gasteiger partial charge in [-0.1, -0.05) is 72.3 Å². The predicted octanol–water partition coefficient (Wildman–Crippen LogP) is 14.8. The van der Waals surface area contributed by atoms with E-state index in [0.29, 0.717) is 42.4 Å². The van der Waals surface area contributed by atoms with Crippen LogP contribution in [0.3, 0.4) is 0 Å². The highest BCUT2D eigenvalue weighted by Crippen LogP contribution is 2.71. The Labute approximate surface area is 447 Å². The monoisotopic (exact) mass is 1030 g/mol. The van der Waals surface area contributed by atoms with Gasteiger partial charge in [0.25, 0.3) is 0 Å². The average Bonchev–Trinajstić information content (AvgIpc) is 4.14. The van der Waals surface area contributed by atoms with Crippen molar-refractivity contribution in [2.24, 2.45) is 87.3 Å². The maximum absolute atomic E-state index is 12.7. The zero-order valence-electron chi connectivity index (χ0n) is 43.9. The van der Waals surface area contributed by atoms with Crippen molar-refractivity contribution in [3.63, 3.8) is 0 Å². The molecule has 0 aromatic rings. The summed E-state index contributed by atoms with van der Waals surface area (Å²) in [5, 5.41) is 10.6. The van der Waals surface area contributed by atoms with Crippen molar-refractivity contribution in [3.8, 4) is 0 Å². The first-order valence-corrected chi connectivity index (χ1v) is 26.9. The summed E-state index contributed by atoms with van der Waals surface area (Å²) in [6, 6.07) is 0. The third-order valence-electron chi connectivity index (χ3n) is 20.3. The second-order valence-corrected chi connectivity index (χ2v) is 26.1. The van der Waals surface area contributed by atoms with Gasteiger partial charge < -0.3 is 28.8 Å². The Morgan fingerprint density at radius 3 is 1.59 bits per heavy atom. The molecular formula is C62H114O11.